The van der Waals surface area contributed by atoms with Crippen molar-refractivity contribution in [2.75, 3.05) is 7.11 Å². The van der Waals surface area contributed by atoms with Gasteiger partial charge in [-0.1, -0.05) is 32.1 Å². The predicted molar refractivity (Wildman–Crippen MR) is 127 cm³/mol. The van der Waals surface area contributed by atoms with E-state index in [0.29, 0.717) is 22.8 Å². The smallest absolute Gasteiger partial charge is 0.185 e. The van der Waals surface area contributed by atoms with Gasteiger partial charge in [-0.2, -0.15) is 0 Å². The summed E-state index contributed by atoms with van der Waals surface area (Å²) in [5.41, 5.74) is 1.96. The Balaban J connectivity index is 2.38. The molecule has 0 saturated carbocycles. The molecule has 162 valence electrons. The lowest BCUT2D eigenvalue weighted by Gasteiger charge is -2.24. The number of hydrogen-bond donors (Lipinski definition) is 0. The maximum absolute atomic E-state index is 12.7. The summed E-state index contributed by atoms with van der Waals surface area (Å²) in [7, 11) is 1.59. The number of carbonyl (C=O) groups excluding carboxylic acids is 1. The summed E-state index contributed by atoms with van der Waals surface area (Å²) in [4.78, 5) is 12.7. The minimum absolute atomic E-state index is 0.113. The van der Waals surface area contributed by atoms with E-state index >= 15 is 0 Å². The van der Waals surface area contributed by atoms with Gasteiger partial charge in [-0.15, -0.1) is 6.58 Å². The molecule has 0 spiro atoms. The highest BCUT2D eigenvalue weighted by atomic mass is 16.5. The average Bonchev–Trinajstić information content (AvgIpc) is 2.79. The van der Waals surface area contributed by atoms with Gasteiger partial charge in [0, 0.05) is 28.2 Å². The van der Waals surface area contributed by atoms with Gasteiger partial charge in [0.1, 0.15) is 17.2 Å². The van der Waals surface area contributed by atoms with E-state index in [-0.39, 0.29) is 11.2 Å². The van der Waals surface area contributed by atoms with Crippen LogP contribution in [0.2, 0.25) is 0 Å². The van der Waals surface area contributed by atoms with E-state index in [9.17, 15) is 4.79 Å². The van der Waals surface area contributed by atoms with Gasteiger partial charge in [0.25, 0.3) is 0 Å². The number of carbonyl (C=O) groups is 1. The molecule has 4 heteroatoms. The molecular formula is C27H30O4. The number of rotatable bonds is 10. The zero-order valence-electron chi connectivity index (χ0n) is 18.8. The van der Waals surface area contributed by atoms with Crippen molar-refractivity contribution in [3.8, 4) is 17.2 Å². The molecule has 0 fully saturated rings. The maximum atomic E-state index is 12.7. The standard InChI is InChI=1S/C27H30O4/c1-7-16-30-22-13-10-20(11-14-22)24(28)15-12-21-18-23(27(4,5)9-3)26(31-17-8-2)19-25(21)29-6/h7-19H,3H2,1-2,4-6H3. The third-order valence-corrected chi connectivity index (χ3v) is 4.76. The summed E-state index contributed by atoms with van der Waals surface area (Å²) in [5, 5.41) is 0. The van der Waals surface area contributed by atoms with Crippen LogP contribution in [0.25, 0.3) is 6.08 Å². The minimum Gasteiger partial charge on any atom is -0.496 e. The SMILES string of the molecule is C=CC(C)(C)c1cc(C=CC(=O)c2ccc(OC=CC)cc2)c(OC)cc1OC=CC. The normalized spacial score (nSPS) is 11.9. The summed E-state index contributed by atoms with van der Waals surface area (Å²) in [6, 6.07) is 10.8. The zero-order chi connectivity index (χ0) is 22.9. The van der Waals surface area contributed by atoms with E-state index in [2.05, 4.69) is 20.4 Å². The van der Waals surface area contributed by atoms with E-state index in [1.54, 1.807) is 56.1 Å². The number of hydrogen-bond acceptors (Lipinski definition) is 4. The summed E-state index contributed by atoms with van der Waals surface area (Å²) < 4.78 is 16.7. The molecule has 0 amide bonds. The molecule has 0 radical (unpaired) electrons. The molecule has 0 N–H and O–H groups in total. The second kappa shape index (κ2) is 11.0. The fraction of sp³-hybridized carbons (Fsp3) is 0.222. The number of benzene rings is 2. The molecule has 4 nitrogen and oxygen atoms in total. The van der Waals surface area contributed by atoms with Crippen molar-refractivity contribution in [1.29, 1.82) is 0 Å². The molecule has 0 aliphatic rings. The molecule has 2 aromatic carbocycles. The van der Waals surface area contributed by atoms with Crippen molar-refractivity contribution in [1.82, 2.24) is 0 Å². The Morgan fingerprint density at radius 2 is 1.61 bits per heavy atom. The number of methoxy groups -OCH3 is 1. The van der Waals surface area contributed by atoms with Crippen LogP contribution >= 0.6 is 0 Å². The first-order valence-electron chi connectivity index (χ1n) is 10.1. The molecule has 0 aliphatic heterocycles. The van der Waals surface area contributed by atoms with E-state index in [1.807, 2.05) is 38.1 Å². The van der Waals surface area contributed by atoms with Crippen molar-refractivity contribution < 1.29 is 19.0 Å². The van der Waals surface area contributed by atoms with Crippen LogP contribution in [0.1, 0.15) is 49.2 Å². The van der Waals surface area contributed by atoms with E-state index in [0.717, 1.165) is 11.1 Å². The van der Waals surface area contributed by atoms with Gasteiger partial charge < -0.3 is 14.2 Å². The first kappa shape index (κ1) is 23.7. The molecule has 31 heavy (non-hydrogen) atoms. The first-order valence-corrected chi connectivity index (χ1v) is 10.1. The summed E-state index contributed by atoms with van der Waals surface area (Å²) >= 11 is 0. The first-order chi connectivity index (χ1) is 14.9. The quantitative estimate of drug-likeness (QED) is 0.183. The van der Waals surface area contributed by atoms with Gasteiger partial charge >= 0.3 is 0 Å². The Morgan fingerprint density at radius 3 is 2.19 bits per heavy atom. The highest BCUT2D eigenvalue weighted by Crippen LogP contribution is 2.38. The highest BCUT2D eigenvalue weighted by Gasteiger charge is 2.23. The van der Waals surface area contributed by atoms with Gasteiger partial charge in [0.15, 0.2) is 5.78 Å². The number of ketones is 1. The molecule has 0 saturated heterocycles. The lowest BCUT2D eigenvalue weighted by atomic mass is 9.83. The Labute approximate surface area is 185 Å². The van der Waals surface area contributed by atoms with Gasteiger partial charge in [0.2, 0.25) is 0 Å². The molecule has 0 heterocycles. The number of ether oxygens (including phenoxy) is 3. The van der Waals surface area contributed by atoms with Crippen molar-refractivity contribution in [3.63, 3.8) is 0 Å². The maximum Gasteiger partial charge on any atom is 0.185 e. The van der Waals surface area contributed by atoms with Crippen molar-refractivity contribution >= 4 is 11.9 Å². The summed E-state index contributed by atoms with van der Waals surface area (Å²) in [6.07, 6.45) is 12.0. The highest BCUT2D eigenvalue weighted by molar-refractivity contribution is 6.07. The zero-order valence-corrected chi connectivity index (χ0v) is 18.8. The Bertz CT molecular complexity index is 993. The van der Waals surface area contributed by atoms with E-state index < -0.39 is 0 Å². The van der Waals surface area contributed by atoms with Crippen molar-refractivity contribution in [3.05, 3.63) is 96.5 Å². The molecule has 0 unspecified atom stereocenters. The Kier molecular flexibility index (Phi) is 8.44. The van der Waals surface area contributed by atoms with Crippen LogP contribution in [0.15, 0.2) is 79.8 Å². The topological polar surface area (TPSA) is 44.8 Å². The third-order valence-electron chi connectivity index (χ3n) is 4.76. The van der Waals surface area contributed by atoms with Crippen LogP contribution < -0.4 is 14.2 Å². The molecule has 2 rings (SSSR count). The fourth-order valence-corrected chi connectivity index (χ4v) is 2.84. The van der Waals surface area contributed by atoms with Gasteiger partial charge in [0.05, 0.1) is 19.6 Å². The second-order valence-corrected chi connectivity index (χ2v) is 7.41. The Hall–Kier alpha value is -3.53. The average molecular weight is 419 g/mol. The van der Waals surface area contributed by atoms with Crippen LogP contribution in [0.3, 0.4) is 0 Å². The lowest BCUT2D eigenvalue weighted by molar-refractivity contribution is 0.104. The fourth-order valence-electron chi connectivity index (χ4n) is 2.84. The number of allylic oxidation sites excluding steroid dienone is 4. The minimum atomic E-state index is -0.335. The Morgan fingerprint density at radius 1 is 0.968 bits per heavy atom. The lowest BCUT2D eigenvalue weighted by Crippen LogP contribution is -2.15. The van der Waals surface area contributed by atoms with E-state index in [1.165, 1.54) is 6.08 Å². The van der Waals surface area contributed by atoms with Gasteiger partial charge in [-0.05, 0) is 56.3 Å². The van der Waals surface area contributed by atoms with Crippen LogP contribution in [-0.4, -0.2) is 12.9 Å². The summed E-state index contributed by atoms with van der Waals surface area (Å²) in [5.74, 6) is 1.86. The van der Waals surface area contributed by atoms with Gasteiger partial charge in [-0.25, -0.2) is 0 Å². The van der Waals surface area contributed by atoms with Crippen molar-refractivity contribution in [2.24, 2.45) is 0 Å². The molecule has 0 bridgehead atoms. The van der Waals surface area contributed by atoms with Crippen LogP contribution in [0, 0.1) is 0 Å². The van der Waals surface area contributed by atoms with Crippen molar-refractivity contribution in [2.45, 2.75) is 33.1 Å². The van der Waals surface area contributed by atoms with Crippen LogP contribution in [0.4, 0.5) is 0 Å². The molecule has 0 aliphatic carbocycles. The molecule has 0 atom stereocenters. The molecule has 2 aromatic rings. The van der Waals surface area contributed by atoms with E-state index in [4.69, 9.17) is 14.2 Å². The third kappa shape index (κ3) is 6.22. The monoisotopic (exact) mass is 418 g/mol. The summed E-state index contributed by atoms with van der Waals surface area (Å²) in [6.45, 7) is 11.8. The molecular weight excluding hydrogens is 388 g/mol. The van der Waals surface area contributed by atoms with Crippen LogP contribution in [0.5, 0.6) is 17.2 Å². The largest absolute Gasteiger partial charge is 0.496 e. The predicted octanol–water partition coefficient (Wildman–Crippen LogP) is 6.88. The van der Waals surface area contributed by atoms with Crippen LogP contribution in [-0.2, 0) is 5.41 Å². The molecule has 0 aromatic heterocycles. The van der Waals surface area contributed by atoms with Gasteiger partial charge in [-0.3, -0.25) is 4.79 Å². The second-order valence-electron chi connectivity index (χ2n) is 7.41.